The molecule has 1 unspecified atom stereocenters. The number of imidazole rings is 1. The molecule has 0 N–H and O–H groups in total. The third-order valence-electron chi connectivity index (χ3n) is 10.3. The van der Waals surface area contributed by atoms with Crippen molar-refractivity contribution in [2.45, 2.75) is 82.3 Å². The summed E-state index contributed by atoms with van der Waals surface area (Å²) in [5, 5.41) is 0. The van der Waals surface area contributed by atoms with Crippen molar-refractivity contribution in [3.8, 4) is 0 Å². The molecule has 0 radical (unpaired) electrons. The summed E-state index contributed by atoms with van der Waals surface area (Å²) < 4.78 is 8.06. The number of benzene rings is 2. The average molecular weight is 537 g/mol. The normalized spacial score (nSPS) is 24.6. The maximum absolute atomic E-state index is 13.2. The van der Waals surface area contributed by atoms with E-state index < -0.39 is 0 Å². The number of aryl methyl sites for hydroxylation is 2. The quantitative estimate of drug-likeness (QED) is 0.276. The van der Waals surface area contributed by atoms with E-state index >= 15 is 0 Å². The van der Waals surface area contributed by atoms with Crippen LogP contribution in [0.25, 0.3) is 11.0 Å². The van der Waals surface area contributed by atoms with Crippen LogP contribution in [0.5, 0.6) is 0 Å². The van der Waals surface area contributed by atoms with E-state index in [1.807, 2.05) is 17.9 Å². The lowest BCUT2D eigenvalue weighted by Crippen LogP contribution is -2.49. The highest BCUT2D eigenvalue weighted by molar-refractivity contribution is 5.93. The van der Waals surface area contributed by atoms with Gasteiger partial charge in [0.05, 0.1) is 17.3 Å². The van der Waals surface area contributed by atoms with Crippen LogP contribution < -0.4 is 0 Å². The van der Waals surface area contributed by atoms with Crippen molar-refractivity contribution in [1.82, 2.24) is 19.4 Å². The van der Waals surface area contributed by atoms with Gasteiger partial charge < -0.3 is 13.9 Å². The Morgan fingerprint density at radius 2 is 1.62 bits per heavy atom. The van der Waals surface area contributed by atoms with Gasteiger partial charge in [-0.05, 0) is 94.5 Å². The second-order valence-electron chi connectivity index (χ2n) is 12.4. The van der Waals surface area contributed by atoms with Gasteiger partial charge in [-0.25, -0.2) is 4.98 Å². The highest BCUT2D eigenvalue weighted by atomic mass is 16.3. The van der Waals surface area contributed by atoms with Gasteiger partial charge in [-0.1, -0.05) is 42.5 Å². The second-order valence-corrected chi connectivity index (χ2v) is 12.4. The van der Waals surface area contributed by atoms with Gasteiger partial charge in [0.25, 0.3) is 5.91 Å². The van der Waals surface area contributed by atoms with Crippen LogP contribution in [0.1, 0.15) is 78.5 Å². The molecule has 40 heavy (non-hydrogen) atoms. The molecule has 3 saturated heterocycles. The van der Waals surface area contributed by atoms with Crippen LogP contribution >= 0.6 is 0 Å². The number of para-hydroxylation sites is 2. The Labute approximate surface area is 237 Å². The summed E-state index contributed by atoms with van der Waals surface area (Å²) in [6.45, 7) is 6.79. The van der Waals surface area contributed by atoms with Crippen molar-refractivity contribution >= 4 is 16.9 Å². The van der Waals surface area contributed by atoms with Crippen molar-refractivity contribution in [3.63, 3.8) is 0 Å². The van der Waals surface area contributed by atoms with Gasteiger partial charge >= 0.3 is 0 Å². The average Bonchev–Trinajstić information content (AvgIpc) is 3.63. The first kappa shape index (κ1) is 25.6. The molecule has 0 spiro atoms. The maximum Gasteiger partial charge on any atom is 0.289 e. The minimum Gasteiger partial charge on any atom is -0.459 e. The molecule has 2 aromatic heterocycles. The Morgan fingerprint density at radius 3 is 2.33 bits per heavy atom. The predicted molar refractivity (Wildman–Crippen MR) is 158 cm³/mol. The molecule has 5 heterocycles. The number of likely N-dealkylation sites (tertiary alicyclic amines) is 1. The van der Waals surface area contributed by atoms with Gasteiger partial charge in [0.15, 0.2) is 5.76 Å². The number of hydrogen-bond donors (Lipinski definition) is 0. The molecule has 3 fully saturated rings. The first-order valence-corrected chi connectivity index (χ1v) is 15.1. The van der Waals surface area contributed by atoms with Crippen LogP contribution in [0.3, 0.4) is 0 Å². The number of furan rings is 1. The summed E-state index contributed by atoms with van der Waals surface area (Å²) in [4.78, 5) is 22.9. The van der Waals surface area contributed by atoms with Crippen molar-refractivity contribution in [1.29, 1.82) is 0 Å². The number of rotatable bonds is 6. The predicted octanol–water partition coefficient (Wildman–Crippen LogP) is 6.68. The molecular weight excluding hydrogens is 496 g/mol. The highest BCUT2D eigenvalue weighted by Crippen LogP contribution is 2.45. The van der Waals surface area contributed by atoms with Crippen LogP contribution in [-0.4, -0.2) is 57.0 Å². The van der Waals surface area contributed by atoms with E-state index in [2.05, 4.69) is 71.0 Å². The van der Waals surface area contributed by atoms with Gasteiger partial charge in [0.2, 0.25) is 0 Å². The molecule has 1 amide bonds. The van der Waals surface area contributed by atoms with Crippen LogP contribution in [0, 0.1) is 13.8 Å². The van der Waals surface area contributed by atoms with Crippen LogP contribution in [0.15, 0.2) is 71.3 Å². The van der Waals surface area contributed by atoms with Gasteiger partial charge in [0, 0.05) is 36.8 Å². The maximum atomic E-state index is 13.2. The summed E-state index contributed by atoms with van der Waals surface area (Å²) in [5.41, 5.74) is 4.85. The zero-order valence-electron chi connectivity index (χ0n) is 23.8. The molecule has 0 aliphatic carbocycles. The molecular formula is C34H40N4O2. The van der Waals surface area contributed by atoms with Gasteiger partial charge in [0.1, 0.15) is 5.82 Å². The Kier molecular flexibility index (Phi) is 6.54. The molecule has 3 aliphatic heterocycles. The molecule has 3 atom stereocenters. The zero-order chi connectivity index (χ0) is 27.3. The van der Waals surface area contributed by atoms with E-state index in [1.165, 1.54) is 36.8 Å². The summed E-state index contributed by atoms with van der Waals surface area (Å²) in [5.74, 6) is 1.67. The summed E-state index contributed by atoms with van der Waals surface area (Å²) in [7, 11) is 0. The summed E-state index contributed by atoms with van der Waals surface area (Å²) in [6, 6.07) is 23.4. The molecule has 4 aromatic rings. The lowest BCUT2D eigenvalue weighted by atomic mass is 9.70. The molecule has 6 nitrogen and oxygen atoms in total. The Hall–Kier alpha value is -3.38. The van der Waals surface area contributed by atoms with Crippen molar-refractivity contribution < 1.29 is 9.21 Å². The highest BCUT2D eigenvalue weighted by Gasteiger charge is 2.44. The van der Waals surface area contributed by atoms with Crippen LogP contribution in [0.2, 0.25) is 0 Å². The smallest absolute Gasteiger partial charge is 0.289 e. The SMILES string of the molecule is Cc1ccoc1C(=O)N1CCC(CCN2[C@@H]3CC[C@H]2CC(n2c(C)nc4ccccc42)C3)(c2ccccc2)CC1. The molecule has 6 heteroatoms. The number of carbonyl (C=O) groups is 1. The van der Waals surface area contributed by atoms with E-state index in [-0.39, 0.29) is 11.3 Å². The fourth-order valence-electron chi connectivity index (χ4n) is 8.14. The van der Waals surface area contributed by atoms with Gasteiger partial charge in [-0.15, -0.1) is 0 Å². The Morgan fingerprint density at radius 1 is 0.925 bits per heavy atom. The number of amides is 1. The topological polar surface area (TPSA) is 54.5 Å². The van der Waals surface area contributed by atoms with E-state index in [1.54, 1.807) is 6.26 Å². The van der Waals surface area contributed by atoms with E-state index in [0.717, 1.165) is 55.8 Å². The van der Waals surface area contributed by atoms with Gasteiger partial charge in [-0.3, -0.25) is 9.69 Å². The third kappa shape index (κ3) is 4.37. The van der Waals surface area contributed by atoms with Crippen molar-refractivity contribution in [3.05, 3.63) is 89.6 Å². The first-order chi connectivity index (χ1) is 19.5. The fourth-order valence-corrected chi connectivity index (χ4v) is 8.14. The largest absolute Gasteiger partial charge is 0.459 e. The lowest BCUT2D eigenvalue weighted by molar-refractivity contribution is 0.0579. The Balaban J connectivity index is 1.07. The summed E-state index contributed by atoms with van der Waals surface area (Å²) >= 11 is 0. The number of carbonyl (C=O) groups excluding carboxylic acids is 1. The zero-order valence-corrected chi connectivity index (χ0v) is 23.8. The van der Waals surface area contributed by atoms with E-state index in [4.69, 9.17) is 9.40 Å². The lowest BCUT2D eigenvalue weighted by Gasteiger charge is -2.45. The minimum atomic E-state index is 0.0339. The number of aromatic nitrogens is 2. The van der Waals surface area contributed by atoms with Crippen LogP contribution in [0.4, 0.5) is 0 Å². The van der Waals surface area contributed by atoms with Crippen molar-refractivity contribution in [2.75, 3.05) is 19.6 Å². The molecule has 2 aromatic carbocycles. The molecule has 3 aliphatic rings. The van der Waals surface area contributed by atoms with Crippen molar-refractivity contribution in [2.24, 2.45) is 0 Å². The van der Waals surface area contributed by atoms with E-state index in [9.17, 15) is 4.79 Å². The van der Waals surface area contributed by atoms with Gasteiger partial charge in [-0.2, -0.15) is 0 Å². The second kappa shape index (κ2) is 10.2. The minimum absolute atomic E-state index is 0.0339. The number of nitrogens with zero attached hydrogens (tertiary/aromatic N) is 4. The van der Waals surface area contributed by atoms with Crippen LogP contribution in [-0.2, 0) is 5.41 Å². The monoisotopic (exact) mass is 536 g/mol. The number of fused-ring (bicyclic) bond motifs is 3. The molecule has 0 saturated carbocycles. The fraction of sp³-hybridized carbons (Fsp3) is 0.471. The first-order valence-electron chi connectivity index (χ1n) is 15.1. The molecule has 7 rings (SSSR count). The third-order valence-corrected chi connectivity index (χ3v) is 10.3. The summed E-state index contributed by atoms with van der Waals surface area (Å²) in [6.07, 6.45) is 9.77. The number of piperidine rings is 2. The number of hydrogen-bond acceptors (Lipinski definition) is 4. The van der Waals surface area contributed by atoms with E-state index in [0.29, 0.717) is 23.9 Å². The Bertz CT molecular complexity index is 1480. The molecule has 208 valence electrons. The standard InChI is InChI=1S/C34H40N4O2/c1-24-14-21-40-32(24)33(39)36-18-15-34(16-19-36,26-8-4-3-5-9-26)17-20-37-27-12-13-28(37)23-29(22-27)38-25(2)35-30-10-6-7-11-31(30)38/h3-11,14,21,27-29H,12-13,15-20,22-23H2,1-2H3/t27-,28+,29?. The molecule has 2 bridgehead atoms.